The maximum atomic E-state index is 10.4. The Morgan fingerprint density at radius 1 is 0.448 bits per heavy atom. The van der Waals surface area contributed by atoms with Crippen LogP contribution in [-0.4, -0.2) is 25.5 Å². The Morgan fingerprint density at radius 3 is 1.17 bits per heavy atom. The summed E-state index contributed by atoms with van der Waals surface area (Å²) in [6.07, 6.45) is 0.361. The zero-order valence-corrected chi connectivity index (χ0v) is 17.0. The lowest BCUT2D eigenvalue weighted by molar-refractivity contribution is 0.362. The Labute approximate surface area is 170 Å². The van der Waals surface area contributed by atoms with E-state index in [0.717, 1.165) is 22.3 Å². The van der Waals surface area contributed by atoms with Crippen LogP contribution in [0.3, 0.4) is 0 Å². The quantitative estimate of drug-likeness (QED) is 0.415. The lowest BCUT2D eigenvalue weighted by atomic mass is 9.93. The Hall–Kier alpha value is -3.34. The fourth-order valence-corrected chi connectivity index (χ4v) is 3.81. The van der Waals surface area contributed by atoms with Gasteiger partial charge in [-0.2, -0.15) is 0 Å². The Kier molecular flexibility index (Phi) is 5.33. The van der Waals surface area contributed by atoms with Crippen LogP contribution in [0.1, 0.15) is 44.5 Å². The highest BCUT2D eigenvalue weighted by atomic mass is 16.3. The molecule has 0 spiro atoms. The summed E-state index contributed by atoms with van der Waals surface area (Å²) in [6.45, 7) is 7.43. The highest BCUT2D eigenvalue weighted by Gasteiger charge is 2.20. The van der Waals surface area contributed by atoms with Gasteiger partial charge in [0, 0.05) is 24.0 Å². The van der Waals surface area contributed by atoms with E-state index in [-0.39, 0.29) is 24.3 Å². The second-order valence-electron chi connectivity index (χ2n) is 7.77. The molecular weight excluding hydrogens is 368 g/mol. The molecule has 5 heteroatoms. The predicted molar refractivity (Wildman–Crippen MR) is 112 cm³/mol. The summed E-state index contributed by atoms with van der Waals surface area (Å²) in [5.74, 6) is -1.18. The van der Waals surface area contributed by atoms with Gasteiger partial charge in [-0.3, -0.25) is 0 Å². The second-order valence-corrected chi connectivity index (χ2v) is 7.77. The SMILES string of the molecule is Cc1cc(C)c(O)c(Cc2cc(Cc3cc(C)cc(C)c3O)c(O)c(O)c2O)c1. The first-order valence-electron chi connectivity index (χ1n) is 9.42. The summed E-state index contributed by atoms with van der Waals surface area (Å²) in [6, 6.07) is 8.96. The van der Waals surface area contributed by atoms with Crippen LogP contribution in [0.4, 0.5) is 0 Å². The van der Waals surface area contributed by atoms with E-state index in [1.807, 2.05) is 38.1 Å². The third kappa shape index (κ3) is 3.94. The van der Waals surface area contributed by atoms with Crippen LogP contribution in [0.5, 0.6) is 28.7 Å². The monoisotopic (exact) mass is 394 g/mol. The van der Waals surface area contributed by atoms with Gasteiger partial charge < -0.3 is 25.5 Å². The topological polar surface area (TPSA) is 101 Å². The first-order chi connectivity index (χ1) is 13.6. The van der Waals surface area contributed by atoms with E-state index < -0.39 is 17.2 Å². The van der Waals surface area contributed by atoms with Gasteiger partial charge in [-0.1, -0.05) is 35.4 Å². The van der Waals surface area contributed by atoms with Crippen molar-refractivity contribution in [3.05, 3.63) is 74.8 Å². The molecule has 0 unspecified atom stereocenters. The molecule has 0 radical (unpaired) electrons. The number of hydrogen-bond donors (Lipinski definition) is 5. The molecule has 29 heavy (non-hydrogen) atoms. The van der Waals surface area contributed by atoms with Crippen LogP contribution in [0.2, 0.25) is 0 Å². The minimum atomic E-state index is -0.606. The third-order valence-electron chi connectivity index (χ3n) is 5.21. The molecule has 0 fully saturated rings. The minimum Gasteiger partial charge on any atom is -0.507 e. The number of phenols is 5. The predicted octanol–water partition coefficient (Wildman–Crippen LogP) is 4.63. The highest BCUT2D eigenvalue weighted by Crippen LogP contribution is 2.43. The van der Waals surface area contributed by atoms with Gasteiger partial charge in [0.2, 0.25) is 5.75 Å². The smallest absolute Gasteiger partial charge is 0.200 e. The molecule has 5 nitrogen and oxygen atoms in total. The van der Waals surface area contributed by atoms with Crippen molar-refractivity contribution >= 4 is 0 Å². The third-order valence-corrected chi connectivity index (χ3v) is 5.21. The molecule has 0 bridgehead atoms. The molecule has 152 valence electrons. The van der Waals surface area contributed by atoms with Crippen molar-refractivity contribution in [2.24, 2.45) is 0 Å². The first-order valence-corrected chi connectivity index (χ1v) is 9.42. The molecule has 0 heterocycles. The van der Waals surface area contributed by atoms with E-state index in [4.69, 9.17) is 0 Å². The number of rotatable bonds is 4. The van der Waals surface area contributed by atoms with Crippen molar-refractivity contribution < 1.29 is 25.5 Å². The molecule has 3 aromatic carbocycles. The molecule has 0 aliphatic heterocycles. The summed E-state index contributed by atoms with van der Waals surface area (Å²) in [4.78, 5) is 0. The zero-order chi connectivity index (χ0) is 21.5. The summed E-state index contributed by atoms with van der Waals surface area (Å²) in [5, 5.41) is 51.7. The lowest BCUT2D eigenvalue weighted by Crippen LogP contribution is -1.98. The van der Waals surface area contributed by atoms with Crippen LogP contribution in [0, 0.1) is 27.7 Å². The maximum absolute atomic E-state index is 10.4. The normalized spacial score (nSPS) is 11.0. The summed E-state index contributed by atoms with van der Waals surface area (Å²) in [5.41, 5.74) is 5.37. The van der Waals surface area contributed by atoms with E-state index >= 15 is 0 Å². The van der Waals surface area contributed by atoms with Gasteiger partial charge in [-0.25, -0.2) is 0 Å². The van der Waals surface area contributed by atoms with Gasteiger partial charge >= 0.3 is 0 Å². The van der Waals surface area contributed by atoms with Crippen LogP contribution < -0.4 is 0 Å². The molecule has 0 aliphatic rings. The molecule has 0 saturated heterocycles. The van der Waals surface area contributed by atoms with Crippen molar-refractivity contribution in [1.29, 1.82) is 0 Å². The summed E-state index contributed by atoms with van der Waals surface area (Å²) >= 11 is 0. The maximum Gasteiger partial charge on any atom is 0.200 e. The average Bonchev–Trinajstić information content (AvgIpc) is 2.65. The number of phenolic OH excluding ortho intramolecular Hbond substituents is 5. The molecule has 0 aliphatic carbocycles. The molecule has 0 amide bonds. The summed E-state index contributed by atoms with van der Waals surface area (Å²) < 4.78 is 0. The molecule has 3 rings (SSSR count). The van der Waals surface area contributed by atoms with Crippen molar-refractivity contribution in [2.45, 2.75) is 40.5 Å². The fraction of sp³-hybridized carbons (Fsp3) is 0.250. The lowest BCUT2D eigenvalue weighted by Gasteiger charge is -2.15. The zero-order valence-electron chi connectivity index (χ0n) is 17.0. The van der Waals surface area contributed by atoms with Crippen LogP contribution in [0.15, 0.2) is 30.3 Å². The van der Waals surface area contributed by atoms with Crippen LogP contribution in [-0.2, 0) is 12.8 Å². The molecule has 0 aromatic heterocycles. The van der Waals surface area contributed by atoms with Crippen molar-refractivity contribution in [2.75, 3.05) is 0 Å². The Balaban J connectivity index is 2.07. The van der Waals surface area contributed by atoms with Gasteiger partial charge in [0.15, 0.2) is 11.5 Å². The largest absolute Gasteiger partial charge is 0.507 e. The first kappa shape index (κ1) is 20.4. The van der Waals surface area contributed by atoms with E-state index in [1.54, 1.807) is 19.9 Å². The van der Waals surface area contributed by atoms with Gasteiger partial charge in [0.25, 0.3) is 0 Å². The molecule has 0 saturated carbocycles. The molecule has 3 aromatic rings. The van der Waals surface area contributed by atoms with Crippen molar-refractivity contribution in [3.63, 3.8) is 0 Å². The van der Waals surface area contributed by atoms with Crippen molar-refractivity contribution in [1.82, 2.24) is 0 Å². The highest BCUT2D eigenvalue weighted by molar-refractivity contribution is 5.61. The average molecular weight is 394 g/mol. The van der Waals surface area contributed by atoms with Crippen molar-refractivity contribution in [3.8, 4) is 28.7 Å². The summed E-state index contributed by atoms with van der Waals surface area (Å²) in [7, 11) is 0. The molecular formula is C24H26O5. The molecule has 5 N–H and O–H groups in total. The number of hydrogen-bond acceptors (Lipinski definition) is 5. The van der Waals surface area contributed by atoms with E-state index in [9.17, 15) is 25.5 Å². The molecule has 0 atom stereocenters. The van der Waals surface area contributed by atoms with Gasteiger partial charge in [0.1, 0.15) is 11.5 Å². The van der Waals surface area contributed by atoms with Gasteiger partial charge in [0.05, 0.1) is 0 Å². The van der Waals surface area contributed by atoms with Gasteiger partial charge in [-0.05, 0) is 56.0 Å². The Bertz CT molecular complexity index is 1020. The number of benzene rings is 3. The van der Waals surface area contributed by atoms with E-state index in [0.29, 0.717) is 22.3 Å². The minimum absolute atomic E-state index is 0.135. The fourth-order valence-electron chi connectivity index (χ4n) is 3.81. The second kappa shape index (κ2) is 7.59. The van der Waals surface area contributed by atoms with Crippen LogP contribution in [0.25, 0.3) is 0 Å². The Morgan fingerprint density at radius 2 is 0.793 bits per heavy atom. The van der Waals surface area contributed by atoms with E-state index in [1.165, 1.54) is 0 Å². The van der Waals surface area contributed by atoms with E-state index in [2.05, 4.69) is 0 Å². The van der Waals surface area contributed by atoms with Gasteiger partial charge in [-0.15, -0.1) is 0 Å². The number of aromatic hydroxyl groups is 5. The number of aryl methyl sites for hydroxylation is 4. The van der Waals surface area contributed by atoms with Crippen LogP contribution >= 0.6 is 0 Å². The standard InChI is InChI=1S/C24H26O5/c1-12-5-14(3)20(25)16(7-12)9-18-11-19(23(28)24(29)22(18)27)10-17-8-13(2)6-15(4)21(17)26/h5-8,11,25-29H,9-10H2,1-4H3.